The van der Waals surface area contributed by atoms with Gasteiger partial charge in [-0.05, 0) is 30.2 Å². The number of carbonyl (C=O) groups is 3. The highest BCUT2D eigenvalue weighted by Crippen LogP contribution is 2.36. The number of hydrogen-bond acceptors (Lipinski definition) is 8. The molecule has 0 aliphatic carbocycles. The van der Waals surface area contributed by atoms with Gasteiger partial charge in [-0.2, -0.15) is 0 Å². The van der Waals surface area contributed by atoms with Gasteiger partial charge in [-0.3, -0.25) is 9.59 Å². The first kappa shape index (κ1) is 24.8. The fraction of sp³-hybridized carbons (Fsp3) is 0.240. The van der Waals surface area contributed by atoms with Crippen molar-refractivity contribution < 1.29 is 33.3 Å². The smallest absolute Gasteiger partial charge is 0.341 e. The lowest BCUT2D eigenvalue weighted by Gasteiger charge is -2.10. The van der Waals surface area contributed by atoms with Gasteiger partial charge in [-0.25, -0.2) is 4.79 Å². The zero-order valence-corrected chi connectivity index (χ0v) is 19.9. The lowest BCUT2D eigenvalue weighted by molar-refractivity contribution is -0.146. The largest absolute Gasteiger partial charge is 0.493 e. The first-order valence-corrected chi connectivity index (χ1v) is 11.3. The maximum absolute atomic E-state index is 12.6. The summed E-state index contributed by atoms with van der Waals surface area (Å²) < 4.78 is 20.7. The lowest BCUT2D eigenvalue weighted by Crippen LogP contribution is -2.22. The Hall–Kier alpha value is -3.85. The first-order chi connectivity index (χ1) is 16.5. The quantitative estimate of drug-likeness (QED) is 0.428. The number of carbonyl (C=O) groups excluding carboxylic acids is 3. The molecule has 0 atom stereocenters. The van der Waals surface area contributed by atoms with E-state index in [1.807, 2.05) is 30.3 Å². The predicted molar refractivity (Wildman–Crippen MR) is 129 cm³/mol. The zero-order chi connectivity index (χ0) is 24.5. The molecule has 9 heteroatoms. The Kier molecular flexibility index (Phi) is 8.64. The molecule has 3 aromatic rings. The van der Waals surface area contributed by atoms with Crippen LogP contribution in [-0.4, -0.2) is 45.3 Å². The van der Waals surface area contributed by atoms with Crippen molar-refractivity contribution in [3.8, 4) is 22.6 Å². The van der Waals surface area contributed by atoms with Crippen LogP contribution in [0, 0.1) is 0 Å². The Balaban J connectivity index is 1.65. The van der Waals surface area contributed by atoms with Crippen LogP contribution in [0.5, 0.6) is 11.5 Å². The number of hydrogen-bond donors (Lipinski definition) is 1. The summed E-state index contributed by atoms with van der Waals surface area (Å²) in [6.07, 6.45) is -0.0428. The van der Waals surface area contributed by atoms with E-state index in [1.54, 1.807) is 30.5 Å². The molecule has 8 nitrogen and oxygen atoms in total. The minimum absolute atomic E-state index is 0.0428. The summed E-state index contributed by atoms with van der Waals surface area (Å²) >= 11 is 1.20. The third kappa shape index (κ3) is 6.14. The van der Waals surface area contributed by atoms with Crippen LogP contribution in [0.3, 0.4) is 0 Å². The van der Waals surface area contributed by atoms with Crippen LogP contribution >= 0.6 is 11.3 Å². The summed E-state index contributed by atoms with van der Waals surface area (Å²) in [4.78, 5) is 37.3. The second-order valence-corrected chi connectivity index (χ2v) is 7.89. The Morgan fingerprint density at radius 3 is 2.35 bits per heavy atom. The van der Waals surface area contributed by atoms with Gasteiger partial charge in [0.05, 0.1) is 27.2 Å². The van der Waals surface area contributed by atoms with Crippen molar-refractivity contribution in [2.24, 2.45) is 0 Å². The van der Waals surface area contributed by atoms with E-state index in [1.165, 1.54) is 25.6 Å². The molecule has 1 aromatic heterocycles. The Bertz CT molecular complexity index is 1160. The number of amides is 1. The molecule has 0 bridgehead atoms. The number of nitrogens with one attached hydrogen (secondary N) is 1. The van der Waals surface area contributed by atoms with Crippen molar-refractivity contribution in [1.29, 1.82) is 0 Å². The maximum Gasteiger partial charge on any atom is 0.341 e. The van der Waals surface area contributed by atoms with Crippen molar-refractivity contribution >= 4 is 34.2 Å². The van der Waals surface area contributed by atoms with Gasteiger partial charge in [0.2, 0.25) is 0 Å². The summed E-state index contributed by atoms with van der Waals surface area (Å²) in [6, 6.07) is 14.4. The van der Waals surface area contributed by atoms with Gasteiger partial charge in [0.1, 0.15) is 10.6 Å². The highest BCUT2D eigenvalue weighted by molar-refractivity contribution is 7.15. The van der Waals surface area contributed by atoms with Gasteiger partial charge in [0, 0.05) is 10.9 Å². The number of rotatable bonds is 10. The number of ether oxygens (including phenoxy) is 4. The standard InChI is InChI=1S/C25H25NO7S/c1-4-32-25(29)23-18(17-8-6-5-7-9-17)15-34-24(23)26-21(27)14-33-22(28)13-16-10-11-19(30-2)20(12-16)31-3/h5-12,15H,4,13-14H2,1-3H3,(H,26,27). The van der Waals surface area contributed by atoms with Crippen molar-refractivity contribution in [3.05, 3.63) is 65.0 Å². The lowest BCUT2D eigenvalue weighted by atomic mass is 10.0. The molecule has 0 spiro atoms. The normalized spacial score (nSPS) is 10.3. The van der Waals surface area contributed by atoms with E-state index >= 15 is 0 Å². The number of methoxy groups -OCH3 is 2. The van der Waals surface area contributed by atoms with Crippen molar-refractivity contribution in [1.82, 2.24) is 0 Å². The summed E-state index contributed by atoms with van der Waals surface area (Å²) in [6.45, 7) is 1.42. The molecule has 1 N–H and O–H groups in total. The third-order valence-electron chi connectivity index (χ3n) is 4.77. The van der Waals surface area contributed by atoms with Gasteiger partial charge in [0.25, 0.3) is 5.91 Å². The Morgan fingerprint density at radius 2 is 1.68 bits per heavy atom. The van der Waals surface area contributed by atoms with E-state index < -0.39 is 24.5 Å². The van der Waals surface area contributed by atoms with Crippen LogP contribution in [0.1, 0.15) is 22.8 Å². The van der Waals surface area contributed by atoms with E-state index in [9.17, 15) is 14.4 Å². The molecule has 178 valence electrons. The molecule has 2 aromatic carbocycles. The van der Waals surface area contributed by atoms with E-state index in [-0.39, 0.29) is 18.6 Å². The number of anilines is 1. The van der Waals surface area contributed by atoms with Crippen molar-refractivity contribution in [2.75, 3.05) is 32.8 Å². The van der Waals surface area contributed by atoms with E-state index in [4.69, 9.17) is 18.9 Å². The van der Waals surface area contributed by atoms with Crippen molar-refractivity contribution in [2.45, 2.75) is 13.3 Å². The van der Waals surface area contributed by atoms with Crippen LogP contribution in [0.4, 0.5) is 5.00 Å². The van der Waals surface area contributed by atoms with Crippen LogP contribution in [0.25, 0.3) is 11.1 Å². The fourth-order valence-corrected chi connectivity index (χ4v) is 4.18. The molecule has 1 amide bonds. The monoisotopic (exact) mass is 483 g/mol. The molecular formula is C25H25NO7S. The van der Waals surface area contributed by atoms with Gasteiger partial charge in [-0.15, -0.1) is 11.3 Å². The van der Waals surface area contributed by atoms with Crippen LogP contribution in [0.2, 0.25) is 0 Å². The fourth-order valence-electron chi connectivity index (χ4n) is 3.20. The predicted octanol–water partition coefficient (Wildman–Crippen LogP) is 4.33. The highest BCUT2D eigenvalue weighted by Gasteiger charge is 2.23. The minimum atomic E-state index is -0.579. The molecule has 0 saturated heterocycles. The summed E-state index contributed by atoms with van der Waals surface area (Å²) in [5.41, 5.74) is 2.40. The second kappa shape index (κ2) is 11.9. The molecule has 0 saturated carbocycles. The molecule has 3 rings (SSSR count). The van der Waals surface area contributed by atoms with Crippen LogP contribution in [0.15, 0.2) is 53.9 Å². The third-order valence-corrected chi connectivity index (χ3v) is 5.66. The first-order valence-electron chi connectivity index (χ1n) is 10.5. The van der Waals surface area contributed by atoms with Gasteiger partial charge >= 0.3 is 11.9 Å². The summed E-state index contributed by atoms with van der Waals surface area (Å²) in [7, 11) is 3.02. The summed E-state index contributed by atoms with van der Waals surface area (Å²) in [5.74, 6) is -0.647. The highest BCUT2D eigenvalue weighted by atomic mass is 32.1. The van der Waals surface area contributed by atoms with Crippen LogP contribution in [-0.2, 0) is 25.5 Å². The molecule has 1 heterocycles. The molecule has 0 radical (unpaired) electrons. The Labute approximate surface area is 201 Å². The zero-order valence-electron chi connectivity index (χ0n) is 19.1. The minimum Gasteiger partial charge on any atom is -0.493 e. The molecule has 0 aliphatic rings. The van der Waals surface area contributed by atoms with Crippen LogP contribution < -0.4 is 14.8 Å². The molecule has 0 aliphatic heterocycles. The average molecular weight is 484 g/mol. The van der Waals surface area contributed by atoms with E-state index in [0.29, 0.717) is 27.6 Å². The van der Waals surface area contributed by atoms with Gasteiger partial charge < -0.3 is 24.3 Å². The maximum atomic E-state index is 12.6. The number of thiophene rings is 1. The Morgan fingerprint density at radius 1 is 0.941 bits per heavy atom. The van der Waals surface area contributed by atoms with E-state index in [2.05, 4.69) is 5.32 Å². The average Bonchev–Trinajstić information content (AvgIpc) is 3.27. The molecule has 34 heavy (non-hydrogen) atoms. The van der Waals surface area contributed by atoms with E-state index in [0.717, 1.165) is 5.56 Å². The molecular weight excluding hydrogens is 458 g/mol. The number of esters is 2. The molecule has 0 fully saturated rings. The SMILES string of the molecule is CCOC(=O)c1c(-c2ccccc2)csc1NC(=O)COC(=O)Cc1ccc(OC)c(OC)c1. The summed E-state index contributed by atoms with van der Waals surface area (Å²) in [5, 5.41) is 4.77. The number of benzene rings is 2. The second-order valence-electron chi connectivity index (χ2n) is 7.01. The van der Waals surface area contributed by atoms with Crippen molar-refractivity contribution in [3.63, 3.8) is 0 Å². The van der Waals surface area contributed by atoms with Gasteiger partial charge in [-0.1, -0.05) is 36.4 Å². The topological polar surface area (TPSA) is 100 Å². The molecule has 0 unspecified atom stereocenters. The van der Waals surface area contributed by atoms with Gasteiger partial charge in [0.15, 0.2) is 18.1 Å².